The molecule has 1 atom stereocenters. The SMILES string of the molecule is CCc1ccc(C(=O)N(C)CC(C)C(N)=NO)cc1. The zero-order valence-corrected chi connectivity index (χ0v) is 11.6. The molecule has 1 aromatic rings. The molecular formula is C14H21N3O2. The van der Waals surface area contributed by atoms with Crippen LogP contribution in [0.3, 0.4) is 0 Å². The summed E-state index contributed by atoms with van der Waals surface area (Å²) >= 11 is 0. The highest BCUT2D eigenvalue weighted by Gasteiger charge is 2.16. The van der Waals surface area contributed by atoms with Crippen molar-refractivity contribution in [2.24, 2.45) is 16.8 Å². The summed E-state index contributed by atoms with van der Waals surface area (Å²) in [4.78, 5) is 13.7. The Kier molecular flexibility index (Phi) is 5.36. The molecule has 0 aliphatic heterocycles. The molecule has 0 aliphatic rings. The van der Waals surface area contributed by atoms with E-state index in [-0.39, 0.29) is 17.7 Å². The van der Waals surface area contributed by atoms with Crippen LogP contribution >= 0.6 is 0 Å². The van der Waals surface area contributed by atoms with E-state index in [9.17, 15) is 4.79 Å². The number of hydrogen-bond acceptors (Lipinski definition) is 3. The van der Waals surface area contributed by atoms with Crippen LogP contribution in [0, 0.1) is 5.92 Å². The largest absolute Gasteiger partial charge is 0.409 e. The summed E-state index contributed by atoms with van der Waals surface area (Å²) in [5, 5.41) is 11.5. The molecule has 1 aromatic carbocycles. The Morgan fingerprint density at radius 3 is 2.47 bits per heavy atom. The van der Waals surface area contributed by atoms with E-state index in [4.69, 9.17) is 10.9 Å². The Hall–Kier alpha value is -2.04. The fourth-order valence-electron chi connectivity index (χ4n) is 1.79. The fourth-order valence-corrected chi connectivity index (χ4v) is 1.79. The van der Waals surface area contributed by atoms with Crippen LogP contribution in [-0.2, 0) is 6.42 Å². The van der Waals surface area contributed by atoms with Gasteiger partial charge in [-0.1, -0.05) is 31.1 Å². The third-order valence-corrected chi connectivity index (χ3v) is 3.12. The van der Waals surface area contributed by atoms with Crippen molar-refractivity contribution in [2.45, 2.75) is 20.3 Å². The first-order chi connectivity index (χ1) is 8.99. The van der Waals surface area contributed by atoms with Crippen molar-refractivity contribution in [2.75, 3.05) is 13.6 Å². The number of carbonyl (C=O) groups is 1. The first-order valence-electron chi connectivity index (χ1n) is 6.31. The molecular weight excluding hydrogens is 242 g/mol. The lowest BCUT2D eigenvalue weighted by Gasteiger charge is -2.21. The van der Waals surface area contributed by atoms with Crippen LogP contribution in [0.1, 0.15) is 29.8 Å². The number of nitrogens with two attached hydrogens (primary N) is 1. The first kappa shape index (κ1) is 15.0. The third kappa shape index (κ3) is 3.98. The summed E-state index contributed by atoms with van der Waals surface area (Å²) in [6.45, 7) is 4.28. The number of benzene rings is 1. The molecule has 0 saturated carbocycles. The van der Waals surface area contributed by atoms with Crippen molar-refractivity contribution >= 4 is 11.7 Å². The van der Waals surface area contributed by atoms with Crippen molar-refractivity contribution in [3.63, 3.8) is 0 Å². The van der Waals surface area contributed by atoms with Gasteiger partial charge >= 0.3 is 0 Å². The maximum Gasteiger partial charge on any atom is 0.253 e. The number of carbonyl (C=O) groups excluding carboxylic acids is 1. The lowest BCUT2D eigenvalue weighted by Crippen LogP contribution is -2.36. The summed E-state index contributed by atoms with van der Waals surface area (Å²) in [5.74, 6) is -0.130. The summed E-state index contributed by atoms with van der Waals surface area (Å²) in [6.07, 6.45) is 0.949. The number of oxime groups is 1. The monoisotopic (exact) mass is 263 g/mol. The average molecular weight is 263 g/mol. The van der Waals surface area contributed by atoms with Gasteiger partial charge in [-0.25, -0.2) is 0 Å². The molecule has 0 radical (unpaired) electrons. The van der Waals surface area contributed by atoms with Gasteiger partial charge in [0.1, 0.15) is 5.84 Å². The Morgan fingerprint density at radius 2 is 2.00 bits per heavy atom. The lowest BCUT2D eigenvalue weighted by molar-refractivity contribution is 0.0786. The van der Waals surface area contributed by atoms with Gasteiger partial charge in [0.25, 0.3) is 5.91 Å². The molecule has 3 N–H and O–H groups in total. The van der Waals surface area contributed by atoms with Crippen LogP contribution < -0.4 is 5.73 Å². The molecule has 0 saturated heterocycles. The number of amides is 1. The number of aryl methyl sites for hydroxylation is 1. The standard InChI is InChI=1S/C14H21N3O2/c1-4-11-5-7-12(8-6-11)14(18)17(3)9-10(2)13(15)16-19/h5-8,10,19H,4,9H2,1-3H3,(H2,15,16). The van der Waals surface area contributed by atoms with Crippen molar-refractivity contribution in [3.8, 4) is 0 Å². The van der Waals surface area contributed by atoms with Crippen LogP contribution in [-0.4, -0.2) is 35.4 Å². The summed E-state index contributed by atoms with van der Waals surface area (Å²) in [5.41, 5.74) is 7.35. The van der Waals surface area contributed by atoms with Gasteiger partial charge in [0.05, 0.1) is 0 Å². The summed E-state index contributed by atoms with van der Waals surface area (Å²) < 4.78 is 0. The summed E-state index contributed by atoms with van der Waals surface area (Å²) in [7, 11) is 1.71. The van der Waals surface area contributed by atoms with E-state index >= 15 is 0 Å². The molecule has 0 aromatic heterocycles. The van der Waals surface area contributed by atoms with Crippen LogP contribution in [0.25, 0.3) is 0 Å². The average Bonchev–Trinajstić information content (AvgIpc) is 2.45. The van der Waals surface area contributed by atoms with E-state index in [1.165, 1.54) is 5.56 Å². The quantitative estimate of drug-likeness (QED) is 0.367. The lowest BCUT2D eigenvalue weighted by atomic mass is 10.1. The van der Waals surface area contributed by atoms with Crippen molar-refractivity contribution in [3.05, 3.63) is 35.4 Å². The normalized spacial score (nSPS) is 13.1. The predicted octanol–water partition coefficient (Wildman–Crippen LogP) is 1.70. The molecule has 1 unspecified atom stereocenters. The number of amidine groups is 1. The minimum atomic E-state index is -0.186. The first-order valence-corrected chi connectivity index (χ1v) is 6.31. The van der Waals surface area contributed by atoms with E-state index in [0.717, 1.165) is 6.42 Å². The number of hydrogen-bond donors (Lipinski definition) is 2. The van der Waals surface area contributed by atoms with E-state index in [0.29, 0.717) is 12.1 Å². The van der Waals surface area contributed by atoms with Crippen LogP contribution in [0.15, 0.2) is 29.4 Å². The van der Waals surface area contributed by atoms with Crippen molar-refractivity contribution < 1.29 is 10.0 Å². The molecule has 0 bridgehead atoms. The van der Waals surface area contributed by atoms with Gasteiger partial charge in [-0.3, -0.25) is 4.79 Å². The van der Waals surface area contributed by atoms with Gasteiger partial charge in [0.2, 0.25) is 0 Å². The molecule has 104 valence electrons. The van der Waals surface area contributed by atoms with E-state index in [1.807, 2.05) is 24.3 Å². The minimum absolute atomic E-state index is 0.0692. The molecule has 19 heavy (non-hydrogen) atoms. The highest BCUT2D eigenvalue weighted by atomic mass is 16.4. The molecule has 5 heteroatoms. The predicted molar refractivity (Wildman–Crippen MR) is 75.4 cm³/mol. The molecule has 0 aliphatic carbocycles. The zero-order valence-electron chi connectivity index (χ0n) is 11.6. The molecule has 0 fully saturated rings. The van der Waals surface area contributed by atoms with Gasteiger partial charge in [0.15, 0.2) is 0 Å². The molecule has 1 amide bonds. The van der Waals surface area contributed by atoms with Gasteiger partial charge in [-0.2, -0.15) is 0 Å². The van der Waals surface area contributed by atoms with Crippen molar-refractivity contribution in [1.82, 2.24) is 4.90 Å². The van der Waals surface area contributed by atoms with Crippen molar-refractivity contribution in [1.29, 1.82) is 0 Å². The Balaban J connectivity index is 2.70. The van der Waals surface area contributed by atoms with Gasteiger partial charge in [0, 0.05) is 25.1 Å². The molecule has 1 rings (SSSR count). The number of nitrogens with zero attached hydrogens (tertiary/aromatic N) is 2. The molecule has 5 nitrogen and oxygen atoms in total. The maximum absolute atomic E-state index is 12.2. The highest BCUT2D eigenvalue weighted by molar-refractivity contribution is 5.94. The minimum Gasteiger partial charge on any atom is -0.409 e. The maximum atomic E-state index is 12.2. The highest BCUT2D eigenvalue weighted by Crippen LogP contribution is 2.09. The second-order valence-electron chi connectivity index (χ2n) is 4.66. The van der Waals surface area contributed by atoms with E-state index in [1.54, 1.807) is 18.9 Å². The van der Waals surface area contributed by atoms with E-state index in [2.05, 4.69) is 12.1 Å². The Bertz CT molecular complexity index is 454. The van der Waals surface area contributed by atoms with Crippen LogP contribution in [0.4, 0.5) is 0 Å². The summed E-state index contributed by atoms with van der Waals surface area (Å²) in [6, 6.07) is 7.56. The Labute approximate surface area is 113 Å². The third-order valence-electron chi connectivity index (χ3n) is 3.12. The Morgan fingerprint density at radius 1 is 1.42 bits per heavy atom. The smallest absolute Gasteiger partial charge is 0.253 e. The van der Waals surface area contributed by atoms with Crippen LogP contribution in [0.5, 0.6) is 0 Å². The van der Waals surface area contributed by atoms with Gasteiger partial charge < -0.3 is 15.8 Å². The molecule has 0 spiro atoms. The molecule has 0 heterocycles. The van der Waals surface area contributed by atoms with Gasteiger partial charge in [-0.15, -0.1) is 0 Å². The second kappa shape index (κ2) is 6.78. The van der Waals surface area contributed by atoms with Crippen LogP contribution in [0.2, 0.25) is 0 Å². The zero-order chi connectivity index (χ0) is 14.4. The fraction of sp³-hybridized carbons (Fsp3) is 0.429. The van der Waals surface area contributed by atoms with E-state index < -0.39 is 0 Å². The number of rotatable bonds is 5. The van der Waals surface area contributed by atoms with Gasteiger partial charge in [-0.05, 0) is 24.1 Å². The second-order valence-corrected chi connectivity index (χ2v) is 4.66. The topological polar surface area (TPSA) is 78.9 Å².